The molecule has 4 nitrogen and oxygen atoms in total. The van der Waals surface area contributed by atoms with Gasteiger partial charge in [0.15, 0.2) is 0 Å². The predicted octanol–water partition coefficient (Wildman–Crippen LogP) is 6.30. The van der Waals surface area contributed by atoms with Gasteiger partial charge in [-0.2, -0.15) is 0 Å². The molecule has 0 spiro atoms. The summed E-state index contributed by atoms with van der Waals surface area (Å²) in [6.07, 6.45) is 15.8. The summed E-state index contributed by atoms with van der Waals surface area (Å²) in [5.41, 5.74) is 3.41. The molecule has 1 aromatic rings. The molecule has 2 fully saturated rings. The van der Waals surface area contributed by atoms with Crippen LogP contribution in [0.1, 0.15) is 68.6 Å². The molecule has 0 bridgehead atoms. The Kier molecular flexibility index (Phi) is 8.85. The van der Waals surface area contributed by atoms with Gasteiger partial charge in [-0.25, -0.2) is 4.39 Å². The van der Waals surface area contributed by atoms with E-state index in [0.717, 1.165) is 43.2 Å². The number of carbonyl (C=O) groups is 1. The van der Waals surface area contributed by atoms with Gasteiger partial charge < -0.3 is 15.1 Å². The molecule has 1 aromatic carbocycles. The average molecular weight is 486 g/mol. The number of amides is 1. The number of rotatable bonds is 6. The molecule has 0 atom stereocenters. The summed E-state index contributed by atoms with van der Waals surface area (Å²) in [7, 11) is 0. The van der Waals surface area contributed by atoms with Crippen molar-refractivity contribution in [3.63, 3.8) is 0 Å². The Hall–Kier alpha value is -2.11. The minimum Gasteiger partial charge on any atom is -0.370 e. The normalized spacial score (nSPS) is 20.7. The summed E-state index contributed by atoms with van der Waals surface area (Å²) in [5, 5.41) is 3.27. The van der Waals surface area contributed by atoms with Crippen molar-refractivity contribution < 1.29 is 9.18 Å². The zero-order valence-electron chi connectivity index (χ0n) is 20.3. The summed E-state index contributed by atoms with van der Waals surface area (Å²) in [6, 6.07) is 3.94. The van der Waals surface area contributed by atoms with Gasteiger partial charge >= 0.3 is 0 Å². The zero-order valence-corrected chi connectivity index (χ0v) is 21.0. The van der Waals surface area contributed by atoms with Crippen molar-refractivity contribution in [3.8, 4) is 0 Å². The Morgan fingerprint density at radius 3 is 2.62 bits per heavy atom. The Bertz CT molecular complexity index is 936. The first kappa shape index (κ1) is 25.0. The molecule has 0 saturated carbocycles. The van der Waals surface area contributed by atoms with Crippen LogP contribution in [0.5, 0.6) is 0 Å². The van der Waals surface area contributed by atoms with E-state index in [4.69, 9.17) is 11.6 Å². The van der Waals surface area contributed by atoms with Crippen LogP contribution in [0, 0.1) is 11.7 Å². The smallest absolute Gasteiger partial charge is 0.255 e. The highest BCUT2D eigenvalue weighted by molar-refractivity contribution is 6.31. The molecule has 0 aromatic heterocycles. The highest BCUT2D eigenvalue weighted by Gasteiger charge is 2.26. The van der Waals surface area contributed by atoms with E-state index >= 15 is 0 Å². The van der Waals surface area contributed by atoms with Gasteiger partial charge in [-0.1, -0.05) is 30.2 Å². The number of carbonyl (C=O) groups excluding carboxylic acids is 1. The average Bonchev–Trinajstić information content (AvgIpc) is 2.82. The summed E-state index contributed by atoms with van der Waals surface area (Å²) in [5.74, 6) is -0.0879. The summed E-state index contributed by atoms with van der Waals surface area (Å²) < 4.78 is 13.8. The summed E-state index contributed by atoms with van der Waals surface area (Å²) in [4.78, 5) is 18.1. The molecule has 1 N–H and O–H groups in total. The second-order valence-corrected chi connectivity index (χ2v) is 10.3. The van der Waals surface area contributed by atoms with Crippen LogP contribution in [0.15, 0.2) is 53.4 Å². The molecule has 3 aliphatic rings. The first-order valence-corrected chi connectivity index (χ1v) is 13.2. The van der Waals surface area contributed by atoms with Crippen LogP contribution in [-0.2, 0) is 0 Å². The van der Waals surface area contributed by atoms with Crippen molar-refractivity contribution in [3.05, 3.63) is 69.8 Å². The lowest BCUT2D eigenvalue weighted by molar-refractivity contribution is 0.0963. The molecule has 2 saturated heterocycles. The van der Waals surface area contributed by atoms with Crippen LogP contribution in [-0.4, -0.2) is 48.4 Å². The van der Waals surface area contributed by atoms with Gasteiger partial charge in [0, 0.05) is 23.7 Å². The van der Waals surface area contributed by atoms with Crippen molar-refractivity contribution in [2.24, 2.45) is 5.92 Å². The number of nitrogens with one attached hydrogen (secondary N) is 1. The maximum Gasteiger partial charge on any atom is 0.255 e. The third kappa shape index (κ3) is 6.73. The topological polar surface area (TPSA) is 35.6 Å². The van der Waals surface area contributed by atoms with E-state index in [1.54, 1.807) is 0 Å². The lowest BCUT2D eigenvalue weighted by Crippen LogP contribution is -2.39. The minimum atomic E-state index is -0.511. The fourth-order valence-corrected chi connectivity index (χ4v) is 5.62. The van der Waals surface area contributed by atoms with Gasteiger partial charge in [0.1, 0.15) is 5.82 Å². The molecule has 0 radical (unpaired) electrons. The van der Waals surface area contributed by atoms with Crippen LogP contribution in [0.25, 0.3) is 0 Å². The minimum absolute atomic E-state index is 0.218. The number of hydrogen-bond donors (Lipinski definition) is 1. The number of halogens is 2. The number of piperidine rings is 2. The molecular formula is C28H37ClFN3O. The molecule has 184 valence electrons. The highest BCUT2D eigenvalue weighted by atomic mass is 35.5. The van der Waals surface area contributed by atoms with Gasteiger partial charge in [0.2, 0.25) is 0 Å². The standard InChI is InChI=1S/C28H37ClFN3O/c1-21-8-4-2-5-9-26(31-28(34)23-18-24(29)20-25(30)19-23)27(21)33-16-11-22(12-17-33)10-15-32-13-6-3-7-14-32/h2,5,9,18-20,22H,3-4,6-8,10-17H2,1H3,(H,31,34). The summed E-state index contributed by atoms with van der Waals surface area (Å²) >= 11 is 5.98. The second kappa shape index (κ2) is 12.0. The van der Waals surface area contributed by atoms with E-state index < -0.39 is 5.82 Å². The maximum absolute atomic E-state index is 13.8. The maximum atomic E-state index is 13.8. The third-order valence-electron chi connectivity index (χ3n) is 7.35. The van der Waals surface area contributed by atoms with Crippen LogP contribution >= 0.6 is 11.6 Å². The van der Waals surface area contributed by atoms with Crippen molar-refractivity contribution in [1.29, 1.82) is 0 Å². The number of allylic oxidation sites excluding steroid dienone is 4. The Balaban J connectivity index is 1.42. The van der Waals surface area contributed by atoms with Crippen molar-refractivity contribution in [1.82, 2.24) is 15.1 Å². The van der Waals surface area contributed by atoms with Crippen LogP contribution in [0.4, 0.5) is 4.39 Å². The number of likely N-dealkylation sites (tertiary alicyclic amines) is 2. The first-order chi connectivity index (χ1) is 16.5. The number of nitrogens with zero attached hydrogens (tertiary/aromatic N) is 2. The lowest BCUT2D eigenvalue weighted by Gasteiger charge is -2.38. The molecule has 2 heterocycles. The first-order valence-electron chi connectivity index (χ1n) is 12.8. The van der Waals surface area contributed by atoms with E-state index in [0.29, 0.717) is 0 Å². The molecule has 6 heteroatoms. The zero-order chi connectivity index (χ0) is 23.9. The summed E-state index contributed by atoms with van der Waals surface area (Å²) in [6.45, 7) is 7.93. The largest absolute Gasteiger partial charge is 0.370 e. The Morgan fingerprint density at radius 2 is 1.88 bits per heavy atom. The van der Waals surface area contributed by atoms with Crippen LogP contribution in [0.2, 0.25) is 5.02 Å². The Labute approximate surface area is 208 Å². The van der Waals surface area contributed by atoms with E-state index in [-0.39, 0.29) is 16.5 Å². The van der Waals surface area contributed by atoms with E-state index in [1.807, 2.05) is 12.2 Å². The van der Waals surface area contributed by atoms with Gasteiger partial charge in [0.25, 0.3) is 5.91 Å². The Morgan fingerprint density at radius 1 is 1.12 bits per heavy atom. The van der Waals surface area contributed by atoms with E-state index in [2.05, 4.69) is 28.1 Å². The van der Waals surface area contributed by atoms with E-state index in [1.165, 1.54) is 81.9 Å². The van der Waals surface area contributed by atoms with Crippen LogP contribution < -0.4 is 5.32 Å². The molecular weight excluding hydrogens is 449 g/mol. The van der Waals surface area contributed by atoms with Crippen molar-refractivity contribution in [2.45, 2.75) is 58.3 Å². The van der Waals surface area contributed by atoms with Crippen molar-refractivity contribution >= 4 is 17.5 Å². The van der Waals surface area contributed by atoms with Gasteiger partial charge in [0.05, 0.1) is 11.4 Å². The van der Waals surface area contributed by atoms with E-state index in [9.17, 15) is 9.18 Å². The quantitative estimate of drug-likeness (QED) is 0.513. The van der Waals surface area contributed by atoms with Gasteiger partial charge in [-0.05, 0) is 107 Å². The molecule has 2 aliphatic heterocycles. The fraction of sp³-hybridized carbons (Fsp3) is 0.536. The number of hydrogen-bond acceptors (Lipinski definition) is 3. The highest BCUT2D eigenvalue weighted by Crippen LogP contribution is 2.30. The van der Waals surface area contributed by atoms with Crippen LogP contribution in [0.3, 0.4) is 0 Å². The van der Waals surface area contributed by atoms with Gasteiger partial charge in [-0.3, -0.25) is 4.79 Å². The molecule has 1 aliphatic carbocycles. The number of benzene rings is 1. The predicted molar refractivity (Wildman–Crippen MR) is 137 cm³/mol. The molecule has 4 rings (SSSR count). The second-order valence-electron chi connectivity index (χ2n) is 9.91. The third-order valence-corrected chi connectivity index (χ3v) is 7.57. The lowest BCUT2D eigenvalue weighted by atomic mass is 9.91. The molecule has 0 unspecified atom stereocenters. The fourth-order valence-electron chi connectivity index (χ4n) is 5.40. The monoisotopic (exact) mass is 485 g/mol. The van der Waals surface area contributed by atoms with Gasteiger partial charge in [-0.15, -0.1) is 0 Å². The molecule has 1 amide bonds. The molecule has 34 heavy (non-hydrogen) atoms. The van der Waals surface area contributed by atoms with Crippen molar-refractivity contribution in [2.75, 3.05) is 32.7 Å². The SMILES string of the molecule is CC1=C(N2CCC(CCN3CCCCC3)CC2)C(NC(=O)c2cc(F)cc(Cl)c2)=CC=CCC1.